The molecule has 6 nitrogen and oxygen atoms in total. The lowest BCUT2D eigenvalue weighted by Crippen LogP contribution is -2.41. The van der Waals surface area contributed by atoms with E-state index in [1.807, 2.05) is 0 Å². The maximum Gasteiger partial charge on any atom is 0.325 e. The lowest BCUT2D eigenvalue weighted by molar-refractivity contribution is -0.131. The Bertz CT molecular complexity index is 883. The Morgan fingerprint density at radius 3 is 2.60 bits per heavy atom. The molecule has 1 heterocycles. The van der Waals surface area contributed by atoms with Crippen LogP contribution in [0.4, 0.5) is 9.18 Å². The minimum atomic E-state index is -1.48. The summed E-state index contributed by atoms with van der Waals surface area (Å²) >= 11 is 0. The van der Waals surface area contributed by atoms with Gasteiger partial charge >= 0.3 is 6.03 Å². The highest BCUT2D eigenvalue weighted by atomic mass is 19.1. The maximum atomic E-state index is 14.1. The Hall–Kier alpha value is -3.22. The number of nitrogens with two attached hydrogens (primary N) is 1. The molecule has 0 aliphatic carbocycles. The Labute approximate surface area is 143 Å². The molecule has 2 aromatic rings. The molecular weight excluding hydrogens is 325 g/mol. The second-order valence-electron chi connectivity index (χ2n) is 5.99. The third-order valence-electron chi connectivity index (χ3n) is 4.24. The number of carbonyl (C=O) groups is 3. The highest BCUT2D eigenvalue weighted by Crippen LogP contribution is 2.31. The summed E-state index contributed by atoms with van der Waals surface area (Å²) in [5, 5.41) is 2.55. The molecule has 0 aromatic heterocycles. The predicted octanol–water partition coefficient (Wildman–Crippen LogP) is 1.89. The number of nitrogens with zero attached hydrogens (tertiary/aromatic N) is 1. The fourth-order valence-electron chi connectivity index (χ4n) is 2.90. The van der Waals surface area contributed by atoms with Crippen LogP contribution in [0.5, 0.6) is 0 Å². The van der Waals surface area contributed by atoms with Gasteiger partial charge in [-0.25, -0.2) is 9.18 Å². The summed E-state index contributed by atoms with van der Waals surface area (Å²) in [5.41, 5.74) is 4.70. The summed E-state index contributed by atoms with van der Waals surface area (Å²) in [6, 6.07) is 11.5. The van der Waals surface area contributed by atoms with Gasteiger partial charge in [0, 0.05) is 11.1 Å². The third kappa shape index (κ3) is 2.84. The van der Waals surface area contributed by atoms with Gasteiger partial charge in [-0.15, -0.1) is 0 Å². The smallest absolute Gasteiger partial charge is 0.325 e. The van der Waals surface area contributed by atoms with Gasteiger partial charge in [0.25, 0.3) is 5.91 Å². The SMILES string of the molecule is C[C@]1(c2ccccc2F)NC(=O)N(Cc2cccc(C(N)=O)c2)C1=O. The van der Waals surface area contributed by atoms with Crippen molar-refractivity contribution in [3.05, 3.63) is 71.0 Å². The number of primary amides is 1. The van der Waals surface area contributed by atoms with E-state index in [0.717, 1.165) is 4.90 Å². The summed E-state index contributed by atoms with van der Waals surface area (Å²) in [7, 11) is 0. The van der Waals surface area contributed by atoms with Gasteiger partial charge < -0.3 is 11.1 Å². The van der Waals surface area contributed by atoms with Crippen LogP contribution in [0.3, 0.4) is 0 Å². The first-order valence-electron chi connectivity index (χ1n) is 7.61. The Kier molecular flexibility index (Phi) is 4.00. The zero-order valence-corrected chi connectivity index (χ0v) is 13.5. The Morgan fingerprint density at radius 2 is 1.92 bits per heavy atom. The third-order valence-corrected chi connectivity index (χ3v) is 4.24. The van der Waals surface area contributed by atoms with Crippen molar-refractivity contribution in [1.29, 1.82) is 0 Å². The van der Waals surface area contributed by atoms with Crippen LogP contribution in [0.2, 0.25) is 0 Å². The summed E-state index contributed by atoms with van der Waals surface area (Å²) < 4.78 is 14.1. The Balaban J connectivity index is 1.91. The monoisotopic (exact) mass is 341 g/mol. The van der Waals surface area contributed by atoms with Gasteiger partial charge in [-0.2, -0.15) is 0 Å². The fraction of sp³-hybridized carbons (Fsp3) is 0.167. The van der Waals surface area contributed by atoms with E-state index < -0.39 is 29.2 Å². The highest BCUT2D eigenvalue weighted by Gasteiger charge is 2.50. The van der Waals surface area contributed by atoms with E-state index in [1.165, 1.54) is 31.2 Å². The molecule has 128 valence electrons. The molecule has 1 aliphatic heterocycles. The lowest BCUT2D eigenvalue weighted by atomic mass is 9.91. The van der Waals surface area contributed by atoms with E-state index >= 15 is 0 Å². The molecule has 7 heteroatoms. The predicted molar refractivity (Wildman–Crippen MR) is 87.8 cm³/mol. The first-order valence-corrected chi connectivity index (χ1v) is 7.61. The largest absolute Gasteiger partial charge is 0.366 e. The van der Waals surface area contributed by atoms with Crippen LogP contribution in [-0.4, -0.2) is 22.7 Å². The molecule has 0 unspecified atom stereocenters. The first-order chi connectivity index (χ1) is 11.8. The van der Waals surface area contributed by atoms with Crippen molar-refractivity contribution in [2.24, 2.45) is 5.73 Å². The molecule has 0 spiro atoms. The van der Waals surface area contributed by atoms with E-state index in [0.29, 0.717) is 5.56 Å². The van der Waals surface area contributed by atoms with E-state index in [4.69, 9.17) is 5.73 Å². The summed E-state index contributed by atoms with van der Waals surface area (Å²) in [6.45, 7) is 1.42. The van der Waals surface area contributed by atoms with Crippen molar-refractivity contribution in [2.75, 3.05) is 0 Å². The summed E-state index contributed by atoms with van der Waals surface area (Å²) in [6.07, 6.45) is 0. The van der Waals surface area contributed by atoms with Crippen molar-refractivity contribution >= 4 is 17.8 Å². The first kappa shape index (κ1) is 16.6. The van der Waals surface area contributed by atoms with Gasteiger partial charge in [-0.3, -0.25) is 14.5 Å². The average Bonchev–Trinajstić information content (AvgIpc) is 2.79. The normalized spacial score (nSPS) is 19.8. The van der Waals surface area contributed by atoms with Crippen LogP contribution >= 0.6 is 0 Å². The van der Waals surface area contributed by atoms with Gasteiger partial charge in [0.1, 0.15) is 11.4 Å². The van der Waals surface area contributed by atoms with Gasteiger partial charge in [0.15, 0.2) is 0 Å². The molecule has 3 N–H and O–H groups in total. The summed E-state index contributed by atoms with van der Waals surface area (Å²) in [5.74, 6) is -1.74. The van der Waals surface area contributed by atoms with Crippen LogP contribution in [0, 0.1) is 5.82 Å². The quantitative estimate of drug-likeness (QED) is 0.832. The fourth-order valence-corrected chi connectivity index (χ4v) is 2.90. The molecule has 2 aromatic carbocycles. The number of amides is 4. The van der Waals surface area contributed by atoms with E-state index in [-0.39, 0.29) is 17.7 Å². The molecule has 1 saturated heterocycles. The standard InChI is InChI=1S/C18H16FN3O3/c1-18(13-7-2-3-8-14(13)19)16(24)22(17(25)21-18)10-11-5-4-6-12(9-11)15(20)23/h2-9H,10H2,1H3,(H2,20,23)(H,21,25)/t18-/m1/s1. The number of urea groups is 1. The van der Waals surface area contributed by atoms with Crippen molar-refractivity contribution in [3.8, 4) is 0 Å². The molecule has 1 fully saturated rings. The molecule has 0 bridgehead atoms. The number of rotatable bonds is 4. The molecule has 1 aliphatic rings. The minimum absolute atomic E-state index is 0.0458. The van der Waals surface area contributed by atoms with Gasteiger partial charge in [0.2, 0.25) is 5.91 Å². The van der Waals surface area contributed by atoms with Crippen LogP contribution in [-0.2, 0) is 16.9 Å². The van der Waals surface area contributed by atoms with Gasteiger partial charge in [-0.1, -0.05) is 30.3 Å². The molecule has 1 atom stereocenters. The molecule has 0 radical (unpaired) electrons. The molecule has 25 heavy (non-hydrogen) atoms. The topological polar surface area (TPSA) is 92.5 Å². The zero-order chi connectivity index (χ0) is 18.2. The van der Waals surface area contributed by atoms with E-state index in [9.17, 15) is 18.8 Å². The Morgan fingerprint density at radius 1 is 1.20 bits per heavy atom. The van der Waals surface area contributed by atoms with Crippen LogP contribution in [0.25, 0.3) is 0 Å². The number of hydrogen-bond acceptors (Lipinski definition) is 3. The highest BCUT2D eigenvalue weighted by molar-refractivity contribution is 6.07. The molecule has 0 saturated carbocycles. The van der Waals surface area contributed by atoms with Crippen LogP contribution in [0.1, 0.15) is 28.4 Å². The molecule has 3 rings (SSSR count). The average molecular weight is 341 g/mol. The van der Waals surface area contributed by atoms with Gasteiger partial charge in [-0.05, 0) is 30.7 Å². The molecular formula is C18H16FN3O3. The van der Waals surface area contributed by atoms with E-state index in [1.54, 1.807) is 24.3 Å². The lowest BCUT2D eigenvalue weighted by Gasteiger charge is -2.22. The zero-order valence-electron chi connectivity index (χ0n) is 13.5. The number of imide groups is 1. The number of halogens is 1. The second-order valence-corrected chi connectivity index (χ2v) is 5.99. The number of hydrogen-bond donors (Lipinski definition) is 2. The summed E-state index contributed by atoms with van der Waals surface area (Å²) in [4.78, 5) is 37.3. The van der Waals surface area contributed by atoms with Crippen LogP contribution in [0.15, 0.2) is 48.5 Å². The van der Waals surface area contributed by atoms with Gasteiger partial charge in [0.05, 0.1) is 6.54 Å². The maximum absolute atomic E-state index is 14.1. The molecule has 4 amide bonds. The number of nitrogens with one attached hydrogen (secondary N) is 1. The van der Waals surface area contributed by atoms with E-state index in [2.05, 4.69) is 5.32 Å². The van der Waals surface area contributed by atoms with Crippen molar-refractivity contribution in [1.82, 2.24) is 10.2 Å². The van der Waals surface area contributed by atoms with Crippen molar-refractivity contribution < 1.29 is 18.8 Å². The van der Waals surface area contributed by atoms with Crippen molar-refractivity contribution in [3.63, 3.8) is 0 Å². The minimum Gasteiger partial charge on any atom is -0.366 e. The second kappa shape index (κ2) is 6.01. The number of benzene rings is 2. The van der Waals surface area contributed by atoms with Crippen LogP contribution < -0.4 is 11.1 Å². The van der Waals surface area contributed by atoms with Crippen molar-refractivity contribution in [2.45, 2.75) is 19.0 Å². The number of carbonyl (C=O) groups excluding carboxylic acids is 3.